The van der Waals surface area contributed by atoms with Gasteiger partial charge in [0, 0.05) is 12.3 Å². The van der Waals surface area contributed by atoms with Crippen LogP contribution in [0, 0.1) is 0 Å². The largest absolute Gasteiger partial charge is 0.488 e. The third-order valence-corrected chi connectivity index (χ3v) is 3.47. The van der Waals surface area contributed by atoms with Crippen LogP contribution in [0.1, 0.15) is 10.9 Å². The first-order valence-electron chi connectivity index (χ1n) is 4.58. The van der Waals surface area contributed by atoms with Crippen molar-refractivity contribution >= 4 is 24.3 Å². The zero-order valence-corrected chi connectivity index (χ0v) is 8.50. The third kappa shape index (κ3) is 2.12. The first kappa shape index (κ1) is 10.0. The van der Waals surface area contributed by atoms with Crippen LogP contribution < -0.4 is 10.8 Å². The molecule has 0 bridgehead atoms. The van der Waals surface area contributed by atoms with Gasteiger partial charge in [-0.25, -0.2) is 0 Å². The number of benzene rings is 1. The van der Waals surface area contributed by atoms with E-state index in [0.717, 1.165) is 12.3 Å². The van der Waals surface area contributed by atoms with Gasteiger partial charge in [-0.15, -0.1) is 11.8 Å². The predicted octanol–water partition coefficient (Wildman–Crippen LogP) is -0.299. The van der Waals surface area contributed by atoms with Gasteiger partial charge in [-0.1, -0.05) is 24.3 Å². The summed E-state index contributed by atoms with van der Waals surface area (Å²) < 4.78 is 0. The number of hydrogen-bond acceptors (Lipinski definition) is 4. The Labute approximate surface area is 87.7 Å². The first-order valence-corrected chi connectivity index (χ1v) is 5.63. The zero-order valence-electron chi connectivity index (χ0n) is 7.68. The van der Waals surface area contributed by atoms with Gasteiger partial charge in [-0.3, -0.25) is 0 Å². The summed E-state index contributed by atoms with van der Waals surface area (Å²) in [5, 5.41) is 21.5. The fraction of sp³-hybridized carbons (Fsp3) is 0.333. The number of nitrogens with one attached hydrogen (secondary N) is 1. The van der Waals surface area contributed by atoms with Crippen molar-refractivity contribution in [2.75, 3.05) is 12.3 Å². The topological polar surface area (TPSA) is 52.5 Å². The Morgan fingerprint density at radius 3 is 2.50 bits per heavy atom. The van der Waals surface area contributed by atoms with Crippen LogP contribution in [0.3, 0.4) is 0 Å². The molecule has 2 rings (SSSR count). The van der Waals surface area contributed by atoms with Crippen molar-refractivity contribution in [3.63, 3.8) is 0 Å². The predicted molar refractivity (Wildman–Crippen MR) is 59.5 cm³/mol. The van der Waals surface area contributed by atoms with Crippen LogP contribution in [0.2, 0.25) is 0 Å². The standard InChI is InChI=1S/C9H12BNO2S/c12-10(13)8-3-1-7(2-4-8)9-11-5-6-14-9/h1-4,9,11-13H,5-6H2. The summed E-state index contributed by atoms with van der Waals surface area (Å²) >= 11 is 1.87. The Morgan fingerprint density at radius 1 is 1.29 bits per heavy atom. The van der Waals surface area contributed by atoms with Crippen molar-refractivity contribution < 1.29 is 10.0 Å². The van der Waals surface area contributed by atoms with Crippen molar-refractivity contribution in [2.45, 2.75) is 5.37 Å². The van der Waals surface area contributed by atoms with E-state index in [0.29, 0.717) is 10.8 Å². The highest BCUT2D eigenvalue weighted by atomic mass is 32.2. The van der Waals surface area contributed by atoms with E-state index in [-0.39, 0.29) is 0 Å². The van der Waals surface area contributed by atoms with Crippen LogP contribution in [0.25, 0.3) is 0 Å². The average molecular weight is 209 g/mol. The number of thioether (sulfide) groups is 1. The van der Waals surface area contributed by atoms with Crippen molar-refractivity contribution in [3.05, 3.63) is 29.8 Å². The SMILES string of the molecule is OB(O)c1ccc(C2NCCS2)cc1. The Hall–Kier alpha value is -0.485. The van der Waals surface area contributed by atoms with Gasteiger partial charge in [0.2, 0.25) is 0 Å². The summed E-state index contributed by atoms with van der Waals surface area (Å²) in [5.74, 6) is 1.13. The molecule has 74 valence electrons. The second-order valence-corrected chi connectivity index (χ2v) is 4.46. The van der Waals surface area contributed by atoms with Crippen molar-refractivity contribution in [1.29, 1.82) is 0 Å². The molecule has 0 aromatic heterocycles. The summed E-state index contributed by atoms with van der Waals surface area (Å²) in [7, 11) is -1.37. The van der Waals surface area contributed by atoms with Crippen LogP contribution in [0.5, 0.6) is 0 Å². The molecule has 0 amide bonds. The highest BCUT2D eigenvalue weighted by molar-refractivity contribution is 7.99. The summed E-state index contributed by atoms with van der Waals surface area (Å²) in [6, 6.07) is 7.37. The van der Waals surface area contributed by atoms with E-state index in [2.05, 4.69) is 5.32 Å². The molecule has 1 aliphatic heterocycles. The van der Waals surface area contributed by atoms with Gasteiger partial charge >= 0.3 is 7.12 Å². The maximum atomic E-state index is 8.91. The minimum Gasteiger partial charge on any atom is -0.423 e. The molecule has 1 aromatic carbocycles. The van der Waals surface area contributed by atoms with Crippen LogP contribution in [-0.4, -0.2) is 29.5 Å². The fourth-order valence-corrected chi connectivity index (χ4v) is 2.54. The quantitative estimate of drug-likeness (QED) is 0.585. The normalized spacial score (nSPS) is 21.1. The summed E-state index contributed by atoms with van der Waals surface area (Å²) in [5.41, 5.74) is 1.73. The molecule has 0 radical (unpaired) electrons. The third-order valence-electron chi connectivity index (χ3n) is 2.25. The summed E-state index contributed by atoms with van der Waals surface area (Å²) in [6.07, 6.45) is 0. The van der Waals surface area contributed by atoms with Gasteiger partial charge in [0.1, 0.15) is 0 Å². The molecule has 1 atom stereocenters. The maximum Gasteiger partial charge on any atom is 0.488 e. The number of rotatable bonds is 2. The smallest absolute Gasteiger partial charge is 0.423 e. The minimum absolute atomic E-state index is 0.361. The molecule has 5 heteroatoms. The van der Waals surface area contributed by atoms with E-state index in [1.54, 1.807) is 12.1 Å². The lowest BCUT2D eigenvalue weighted by atomic mass is 9.80. The molecule has 1 heterocycles. The van der Waals surface area contributed by atoms with Crippen LogP contribution in [0.4, 0.5) is 0 Å². The molecular formula is C9H12BNO2S. The molecular weight excluding hydrogens is 197 g/mol. The highest BCUT2D eigenvalue weighted by Gasteiger charge is 2.17. The minimum atomic E-state index is -1.37. The van der Waals surface area contributed by atoms with Crippen LogP contribution in [0.15, 0.2) is 24.3 Å². The second-order valence-electron chi connectivity index (χ2n) is 3.25. The Morgan fingerprint density at radius 2 is 2.00 bits per heavy atom. The molecule has 1 unspecified atom stereocenters. The summed E-state index contributed by atoms with van der Waals surface area (Å²) in [4.78, 5) is 0. The van der Waals surface area contributed by atoms with Crippen molar-refractivity contribution in [1.82, 2.24) is 5.32 Å². The molecule has 14 heavy (non-hydrogen) atoms. The van der Waals surface area contributed by atoms with Gasteiger partial charge in [0.25, 0.3) is 0 Å². The Kier molecular flexibility index (Phi) is 3.13. The lowest BCUT2D eigenvalue weighted by Crippen LogP contribution is -2.29. The monoisotopic (exact) mass is 209 g/mol. The maximum absolute atomic E-state index is 8.91. The van der Waals surface area contributed by atoms with E-state index < -0.39 is 7.12 Å². The zero-order chi connectivity index (χ0) is 9.97. The fourth-order valence-electron chi connectivity index (χ4n) is 1.48. The Balaban J connectivity index is 2.12. The lowest BCUT2D eigenvalue weighted by molar-refractivity contribution is 0.426. The molecule has 1 fully saturated rings. The summed E-state index contributed by atoms with van der Waals surface area (Å²) in [6.45, 7) is 1.04. The van der Waals surface area contributed by atoms with Crippen LogP contribution >= 0.6 is 11.8 Å². The van der Waals surface area contributed by atoms with Gasteiger partial charge < -0.3 is 15.4 Å². The van der Waals surface area contributed by atoms with Crippen LogP contribution in [-0.2, 0) is 0 Å². The van der Waals surface area contributed by atoms with Gasteiger partial charge in [-0.2, -0.15) is 0 Å². The molecule has 1 aromatic rings. The first-order chi connectivity index (χ1) is 6.77. The average Bonchev–Trinajstić information content (AvgIpc) is 2.71. The van der Waals surface area contributed by atoms with E-state index in [1.165, 1.54) is 5.56 Å². The highest BCUT2D eigenvalue weighted by Crippen LogP contribution is 2.28. The van der Waals surface area contributed by atoms with E-state index in [4.69, 9.17) is 10.0 Å². The van der Waals surface area contributed by atoms with E-state index in [9.17, 15) is 0 Å². The second kappa shape index (κ2) is 4.36. The van der Waals surface area contributed by atoms with E-state index >= 15 is 0 Å². The molecule has 0 spiro atoms. The molecule has 0 aliphatic carbocycles. The van der Waals surface area contributed by atoms with Gasteiger partial charge in [0.05, 0.1) is 5.37 Å². The van der Waals surface area contributed by atoms with Crippen molar-refractivity contribution in [3.8, 4) is 0 Å². The van der Waals surface area contributed by atoms with Crippen molar-refractivity contribution in [2.24, 2.45) is 0 Å². The lowest BCUT2D eigenvalue weighted by Gasteiger charge is -2.10. The van der Waals surface area contributed by atoms with Gasteiger partial charge in [-0.05, 0) is 11.0 Å². The molecule has 3 nitrogen and oxygen atoms in total. The molecule has 1 aliphatic rings. The molecule has 0 saturated carbocycles. The molecule has 1 saturated heterocycles. The van der Waals surface area contributed by atoms with Gasteiger partial charge in [0.15, 0.2) is 0 Å². The Bertz CT molecular complexity index is 298. The van der Waals surface area contributed by atoms with E-state index in [1.807, 2.05) is 23.9 Å². The number of hydrogen-bond donors (Lipinski definition) is 3. The molecule has 3 N–H and O–H groups in total.